The predicted octanol–water partition coefficient (Wildman–Crippen LogP) is 4.91. The molecule has 0 saturated carbocycles. The fraction of sp³-hybridized carbons (Fsp3) is 0.360. The average molecular weight is 488 g/mol. The number of benzene rings is 1. The maximum Gasteiger partial charge on any atom is 0.180 e. The summed E-state index contributed by atoms with van der Waals surface area (Å²) >= 11 is 5.57. The molecule has 0 unspecified atom stereocenters. The van der Waals surface area contributed by atoms with Gasteiger partial charge >= 0.3 is 0 Å². The number of ketones is 1. The molecule has 1 aromatic carbocycles. The molecule has 34 heavy (non-hydrogen) atoms. The molecule has 0 saturated heterocycles. The smallest absolute Gasteiger partial charge is 0.180 e. The summed E-state index contributed by atoms with van der Waals surface area (Å²) < 4.78 is 7.08. The molecule has 0 spiro atoms. The van der Waals surface area contributed by atoms with Gasteiger partial charge in [-0.3, -0.25) is 9.48 Å². The Morgan fingerprint density at radius 2 is 2.00 bits per heavy atom. The summed E-state index contributed by atoms with van der Waals surface area (Å²) in [7, 11) is 3.41. The second kappa shape index (κ2) is 15.6. The van der Waals surface area contributed by atoms with Gasteiger partial charge in [-0.15, -0.1) is 0 Å². The number of allylic oxidation sites excluding steroid dienone is 1. The number of halogens is 1. The lowest BCUT2D eigenvalue weighted by Gasteiger charge is -2.07. The number of aromatic nitrogens is 3. The molecular weight excluding hydrogens is 454 g/mol. The molecule has 3 N–H and O–H groups in total. The highest BCUT2D eigenvalue weighted by molar-refractivity contribution is 6.29. The number of nitrogens with two attached hydrogens (primary N) is 1. The van der Waals surface area contributed by atoms with Crippen LogP contribution in [0.5, 0.6) is 5.75 Å². The van der Waals surface area contributed by atoms with Crippen LogP contribution in [0.1, 0.15) is 43.6 Å². The second-order valence-electron chi connectivity index (χ2n) is 7.27. The van der Waals surface area contributed by atoms with Crippen LogP contribution in [0.3, 0.4) is 0 Å². The number of carbonyl (C=O) groups excluding carboxylic acids is 2. The molecule has 0 aliphatic carbocycles. The van der Waals surface area contributed by atoms with Gasteiger partial charge in [0.05, 0.1) is 19.2 Å². The van der Waals surface area contributed by atoms with Crippen molar-refractivity contribution >= 4 is 40.4 Å². The van der Waals surface area contributed by atoms with E-state index in [-0.39, 0.29) is 5.78 Å². The van der Waals surface area contributed by atoms with E-state index in [9.17, 15) is 4.79 Å². The molecule has 0 radical (unpaired) electrons. The van der Waals surface area contributed by atoms with Crippen LogP contribution in [0.15, 0.2) is 48.6 Å². The zero-order valence-corrected chi connectivity index (χ0v) is 21.1. The number of rotatable bonds is 9. The van der Waals surface area contributed by atoms with Gasteiger partial charge < -0.3 is 20.6 Å². The monoisotopic (exact) mass is 487 g/mol. The number of carbonyl (C=O) groups is 2. The Bertz CT molecular complexity index is 1080. The highest BCUT2D eigenvalue weighted by atomic mass is 35.5. The number of aldehydes is 1. The molecular formula is C25H34ClN5O3. The molecule has 0 aliphatic rings. The van der Waals surface area contributed by atoms with Gasteiger partial charge in [0, 0.05) is 19.4 Å². The normalized spacial score (nSPS) is 9.82. The minimum Gasteiger partial charge on any atom is -0.497 e. The summed E-state index contributed by atoms with van der Waals surface area (Å²) in [6.07, 6.45) is 3.70. The molecule has 3 aromatic rings. The van der Waals surface area contributed by atoms with Crippen LogP contribution >= 0.6 is 11.6 Å². The zero-order chi connectivity index (χ0) is 25.5. The summed E-state index contributed by atoms with van der Waals surface area (Å²) in [6, 6.07) is 11.1. The minimum atomic E-state index is -0.0502. The van der Waals surface area contributed by atoms with E-state index in [0.717, 1.165) is 53.6 Å². The first kappa shape index (κ1) is 28.8. The molecule has 2 aromatic heterocycles. The number of methoxy groups -OCH3 is 1. The molecule has 0 aliphatic heterocycles. The average Bonchev–Trinajstić information content (AvgIpc) is 3.18. The molecule has 0 amide bonds. The quantitative estimate of drug-likeness (QED) is 0.145. The van der Waals surface area contributed by atoms with E-state index in [2.05, 4.69) is 22.0 Å². The molecule has 184 valence electrons. The van der Waals surface area contributed by atoms with Crippen LogP contribution in [-0.2, 0) is 11.3 Å². The number of pyridine rings is 1. The lowest BCUT2D eigenvalue weighted by Crippen LogP contribution is -2.05. The maximum atomic E-state index is 11.8. The first-order chi connectivity index (χ1) is 16.3. The first-order valence-corrected chi connectivity index (χ1v) is 11.3. The largest absolute Gasteiger partial charge is 0.497 e. The highest BCUT2D eigenvalue weighted by Gasteiger charge is 2.15. The fourth-order valence-electron chi connectivity index (χ4n) is 3.02. The van der Waals surface area contributed by atoms with Crippen molar-refractivity contribution in [2.45, 2.75) is 39.7 Å². The predicted molar refractivity (Wildman–Crippen MR) is 139 cm³/mol. The van der Waals surface area contributed by atoms with Crippen LogP contribution in [0.4, 0.5) is 5.82 Å². The zero-order valence-electron chi connectivity index (χ0n) is 20.3. The van der Waals surface area contributed by atoms with Crippen molar-refractivity contribution in [2.75, 3.05) is 26.0 Å². The van der Waals surface area contributed by atoms with E-state index >= 15 is 0 Å². The molecule has 0 fully saturated rings. The Morgan fingerprint density at radius 1 is 1.29 bits per heavy atom. The van der Waals surface area contributed by atoms with Crippen LogP contribution in [-0.4, -0.2) is 47.5 Å². The van der Waals surface area contributed by atoms with Crippen molar-refractivity contribution in [3.05, 3.63) is 59.4 Å². The summed E-state index contributed by atoms with van der Waals surface area (Å²) in [5, 5.41) is 8.67. The van der Waals surface area contributed by atoms with E-state index in [1.165, 1.54) is 13.8 Å². The SMILES string of the molecule is C=C(CCCCN)Cn1nc(C(C)=O)c2cc(OC)ccc21.CC=O.CNc1cccc(Cl)n1. The second-order valence-corrected chi connectivity index (χ2v) is 7.66. The standard InChI is InChI=1S/C17H23N3O2.C6H7ClN2.C2H4O/c1-12(6-4-5-9-18)11-20-16-8-7-14(22-3)10-15(16)17(19-20)13(2)21;1-8-6-4-2-3-5(7)9-6;1-2-3/h7-8,10H,1,4-6,9,11,18H2,2-3H3;2-4H,1H3,(H,8,9);2H,1H3. The van der Waals surface area contributed by atoms with Crippen molar-refractivity contribution in [1.29, 1.82) is 0 Å². The fourth-order valence-corrected chi connectivity index (χ4v) is 3.19. The van der Waals surface area contributed by atoms with Crippen molar-refractivity contribution < 1.29 is 14.3 Å². The van der Waals surface area contributed by atoms with Gasteiger partial charge in [0.2, 0.25) is 0 Å². The Hall–Kier alpha value is -3.23. The number of unbranched alkanes of at least 4 members (excludes halogenated alkanes) is 1. The number of anilines is 1. The third-order valence-corrected chi connectivity index (χ3v) is 4.83. The van der Waals surface area contributed by atoms with Gasteiger partial charge in [-0.2, -0.15) is 5.10 Å². The number of nitrogens with one attached hydrogen (secondary N) is 1. The van der Waals surface area contributed by atoms with E-state index < -0.39 is 0 Å². The van der Waals surface area contributed by atoms with Gasteiger partial charge in [-0.25, -0.2) is 4.98 Å². The van der Waals surface area contributed by atoms with E-state index in [4.69, 9.17) is 26.9 Å². The Kier molecular flexibility index (Phi) is 13.2. The number of hydrogen-bond acceptors (Lipinski definition) is 7. The van der Waals surface area contributed by atoms with Crippen molar-refractivity contribution in [1.82, 2.24) is 14.8 Å². The Labute approximate surface area is 206 Å². The number of hydrogen-bond donors (Lipinski definition) is 2. The van der Waals surface area contributed by atoms with Gasteiger partial charge in [-0.05, 0) is 63.1 Å². The number of nitrogens with zero attached hydrogens (tertiary/aromatic N) is 3. The van der Waals surface area contributed by atoms with E-state index in [1.54, 1.807) is 20.2 Å². The van der Waals surface area contributed by atoms with Crippen LogP contribution in [0.2, 0.25) is 5.15 Å². The first-order valence-electron chi connectivity index (χ1n) is 10.9. The third-order valence-electron chi connectivity index (χ3n) is 4.62. The summed E-state index contributed by atoms with van der Waals surface area (Å²) in [6.45, 7) is 8.39. The molecule has 0 bridgehead atoms. The summed E-state index contributed by atoms with van der Waals surface area (Å²) in [5.41, 5.74) is 7.99. The number of fused-ring (bicyclic) bond motifs is 1. The van der Waals surface area contributed by atoms with Gasteiger partial charge in [0.25, 0.3) is 0 Å². The summed E-state index contributed by atoms with van der Waals surface area (Å²) in [4.78, 5) is 24.6. The van der Waals surface area contributed by atoms with Gasteiger partial charge in [-0.1, -0.05) is 29.8 Å². The molecule has 3 rings (SSSR count). The molecule has 0 atom stereocenters. The topological polar surface area (TPSA) is 112 Å². The van der Waals surface area contributed by atoms with Crippen LogP contribution in [0, 0.1) is 0 Å². The van der Waals surface area contributed by atoms with Crippen molar-refractivity contribution in [2.24, 2.45) is 5.73 Å². The number of ether oxygens (including phenoxy) is 1. The molecule has 8 nitrogen and oxygen atoms in total. The minimum absolute atomic E-state index is 0.0502. The molecule has 9 heteroatoms. The summed E-state index contributed by atoms with van der Waals surface area (Å²) in [5.74, 6) is 1.46. The lowest BCUT2D eigenvalue weighted by atomic mass is 10.1. The van der Waals surface area contributed by atoms with Crippen LogP contribution < -0.4 is 15.8 Å². The Balaban J connectivity index is 0.000000398. The lowest BCUT2D eigenvalue weighted by molar-refractivity contribution is -0.106. The highest BCUT2D eigenvalue weighted by Crippen LogP contribution is 2.25. The van der Waals surface area contributed by atoms with E-state index in [1.807, 2.05) is 35.0 Å². The van der Waals surface area contributed by atoms with Crippen molar-refractivity contribution in [3.63, 3.8) is 0 Å². The van der Waals surface area contributed by atoms with Crippen molar-refractivity contribution in [3.8, 4) is 5.75 Å². The van der Waals surface area contributed by atoms with Gasteiger partial charge in [0.15, 0.2) is 5.78 Å². The maximum absolute atomic E-state index is 11.8. The van der Waals surface area contributed by atoms with Gasteiger partial charge in [0.1, 0.15) is 28.7 Å². The van der Waals surface area contributed by atoms with E-state index in [0.29, 0.717) is 23.9 Å². The Morgan fingerprint density at radius 3 is 2.53 bits per heavy atom. The third kappa shape index (κ3) is 9.33. The van der Waals surface area contributed by atoms with Crippen LogP contribution in [0.25, 0.3) is 10.9 Å². The molecule has 2 heterocycles. The number of Topliss-reactive ketones (excluding diaryl/α,β-unsaturated/α-hetero) is 1.